The molecular formula is C32H52O6. The van der Waals surface area contributed by atoms with Crippen LogP contribution in [0.4, 0.5) is 0 Å². The summed E-state index contributed by atoms with van der Waals surface area (Å²) in [4.78, 5) is 12.5. The number of hydrogen-bond donors (Lipinski definition) is 3. The van der Waals surface area contributed by atoms with E-state index in [2.05, 4.69) is 48.5 Å². The highest BCUT2D eigenvalue weighted by atomic mass is 16.6. The molecule has 0 bridgehead atoms. The molecule has 1 spiro atoms. The second-order valence-electron chi connectivity index (χ2n) is 15.7. The van der Waals surface area contributed by atoms with Crippen molar-refractivity contribution in [2.24, 2.45) is 63.6 Å². The molecule has 6 heteroatoms. The van der Waals surface area contributed by atoms with Crippen molar-refractivity contribution in [3.05, 3.63) is 0 Å². The molecule has 1 heterocycles. The number of rotatable bonds is 5. The molecular weight excluding hydrogens is 480 g/mol. The molecule has 0 radical (unpaired) electrons. The predicted octanol–water partition coefficient (Wildman–Crippen LogP) is 4.58. The van der Waals surface area contributed by atoms with E-state index in [0.29, 0.717) is 53.8 Å². The van der Waals surface area contributed by atoms with Gasteiger partial charge in [-0.2, -0.15) is 0 Å². The van der Waals surface area contributed by atoms with E-state index < -0.39 is 35.4 Å². The van der Waals surface area contributed by atoms with Crippen LogP contribution in [0, 0.1) is 63.6 Å². The molecule has 1 saturated heterocycles. The summed E-state index contributed by atoms with van der Waals surface area (Å²) in [7, 11) is 0. The Hall–Kier alpha value is -0.690. The van der Waals surface area contributed by atoms with E-state index >= 15 is 0 Å². The average Bonchev–Trinajstić information content (AvgIpc) is 3.68. The van der Waals surface area contributed by atoms with Gasteiger partial charge in [0.1, 0.15) is 11.7 Å². The highest BCUT2D eigenvalue weighted by Gasteiger charge is 2.81. The van der Waals surface area contributed by atoms with Gasteiger partial charge in [0.25, 0.3) is 0 Å². The van der Waals surface area contributed by atoms with Crippen LogP contribution in [0.15, 0.2) is 0 Å². The van der Waals surface area contributed by atoms with Crippen LogP contribution < -0.4 is 0 Å². The Morgan fingerprint density at radius 2 is 1.66 bits per heavy atom. The van der Waals surface area contributed by atoms with Gasteiger partial charge in [-0.1, -0.05) is 48.5 Å². The standard InChI is InChI=1S/C32H52O6/c1-15(2)17(4)29(6)14-23(29)16(3)21-9-10-22-20-12-25-32(38-25)13-19(34)11-24(35)31(32,8)26(20)27(36)28(30(21,22)7)37-18(5)33/h15-17,19-28,34-36H,9-14H2,1-8H3/t16-,17-,19-,20-,21+,22-,23+,24-,25-,26+,27-,28+,29-,30+,31+,32-/m0/s1. The van der Waals surface area contributed by atoms with Crippen LogP contribution in [0.1, 0.15) is 93.9 Å². The summed E-state index contributed by atoms with van der Waals surface area (Å²) in [6, 6.07) is 0. The second-order valence-corrected chi connectivity index (χ2v) is 15.7. The number of carbonyl (C=O) groups excluding carboxylic acids is 1. The molecule has 0 unspecified atom stereocenters. The largest absolute Gasteiger partial charge is 0.459 e. The van der Waals surface area contributed by atoms with Gasteiger partial charge in [-0.3, -0.25) is 4.79 Å². The highest BCUT2D eigenvalue weighted by Crippen LogP contribution is 2.76. The number of carbonyl (C=O) groups is 1. The van der Waals surface area contributed by atoms with Gasteiger partial charge in [-0.15, -0.1) is 0 Å². The minimum atomic E-state index is -0.866. The molecule has 0 aromatic carbocycles. The SMILES string of the molecule is CC(=O)O[C@@H]1[C@@H](O)[C@H]2[C@@H](C[C@@H]3O[C@@]34C[C@@H](O)C[C@H](O)[C@]24C)[C@@H]2CC[C@H]([C@H](C)[C@H]3C[C@@]3(C)[C@@H](C)C(C)C)[C@@]12C. The molecule has 3 N–H and O–H groups in total. The Labute approximate surface area is 229 Å². The van der Waals surface area contributed by atoms with Crippen LogP contribution in [0.3, 0.4) is 0 Å². The number of ether oxygens (including phenoxy) is 2. The second kappa shape index (κ2) is 8.42. The maximum absolute atomic E-state index is 12.5. The van der Waals surface area contributed by atoms with Gasteiger partial charge in [0.15, 0.2) is 0 Å². The molecule has 38 heavy (non-hydrogen) atoms. The van der Waals surface area contributed by atoms with E-state index in [1.54, 1.807) is 0 Å². The Morgan fingerprint density at radius 3 is 2.29 bits per heavy atom. The van der Waals surface area contributed by atoms with E-state index in [4.69, 9.17) is 9.47 Å². The van der Waals surface area contributed by atoms with Crippen LogP contribution in [-0.2, 0) is 14.3 Å². The fourth-order valence-corrected chi connectivity index (χ4v) is 11.8. The van der Waals surface area contributed by atoms with E-state index in [1.807, 2.05) is 0 Å². The van der Waals surface area contributed by atoms with Crippen molar-refractivity contribution < 1.29 is 29.6 Å². The molecule has 1 aliphatic heterocycles. The molecule has 5 saturated carbocycles. The molecule has 6 fully saturated rings. The summed E-state index contributed by atoms with van der Waals surface area (Å²) in [5.74, 6) is 2.76. The number of esters is 1. The Kier molecular flexibility index (Phi) is 6.09. The van der Waals surface area contributed by atoms with Crippen LogP contribution in [0.25, 0.3) is 0 Å². The molecule has 5 aliphatic carbocycles. The summed E-state index contributed by atoms with van der Waals surface area (Å²) in [5.41, 5.74) is -1.23. The maximum atomic E-state index is 12.5. The average molecular weight is 533 g/mol. The van der Waals surface area contributed by atoms with Crippen molar-refractivity contribution in [1.29, 1.82) is 0 Å². The van der Waals surface area contributed by atoms with Crippen LogP contribution in [0.5, 0.6) is 0 Å². The zero-order valence-electron chi connectivity index (χ0n) is 24.8. The summed E-state index contributed by atoms with van der Waals surface area (Å²) in [5, 5.41) is 34.3. The van der Waals surface area contributed by atoms with E-state index in [1.165, 1.54) is 13.3 Å². The number of aliphatic hydroxyl groups is 3. The van der Waals surface area contributed by atoms with Gasteiger partial charge in [-0.05, 0) is 78.9 Å². The lowest BCUT2D eigenvalue weighted by atomic mass is 9.42. The van der Waals surface area contributed by atoms with E-state index in [9.17, 15) is 20.1 Å². The highest BCUT2D eigenvalue weighted by molar-refractivity contribution is 5.66. The number of aliphatic hydroxyl groups excluding tert-OH is 3. The first-order valence-electron chi connectivity index (χ1n) is 15.5. The van der Waals surface area contributed by atoms with Gasteiger partial charge < -0.3 is 24.8 Å². The molecule has 16 atom stereocenters. The third-order valence-corrected chi connectivity index (χ3v) is 14.2. The van der Waals surface area contributed by atoms with Gasteiger partial charge in [0, 0.05) is 30.1 Å². The Bertz CT molecular complexity index is 983. The fraction of sp³-hybridized carbons (Fsp3) is 0.969. The third-order valence-electron chi connectivity index (χ3n) is 14.2. The van der Waals surface area contributed by atoms with Gasteiger partial charge in [0.2, 0.25) is 0 Å². The molecule has 0 aromatic heterocycles. The topological polar surface area (TPSA) is 99.5 Å². The zero-order chi connectivity index (χ0) is 27.7. The minimum absolute atomic E-state index is 0.0233. The van der Waals surface area contributed by atoms with Gasteiger partial charge in [-0.25, -0.2) is 0 Å². The molecule has 0 aromatic rings. The smallest absolute Gasteiger partial charge is 0.303 e. The number of epoxide rings is 1. The number of fused-ring (bicyclic) bond motifs is 4. The molecule has 6 rings (SSSR count). The Morgan fingerprint density at radius 1 is 0.974 bits per heavy atom. The summed E-state index contributed by atoms with van der Waals surface area (Å²) in [6.07, 6.45) is 2.28. The molecule has 0 amide bonds. The first-order valence-corrected chi connectivity index (χ1v) is 15.5. The predicted molar refractivity (Wildman–Crippen MR) is 144 cm³/mol. The molecule has 216 valence electrons. The third kappa shape index (κ3) is 3.30. The molecule has 6 aliphatic rings. The van der Waals surface area contributed by atoms with Crippen LogP contribution in [0.2, 0.25) is 0 Å². The fourth-order valence-electron chi connectivity index (χ4n) is 11.8. The quantitative estimate of drug-likeness (QED) is 0.354. The lowest BCUT2D eigenvalue weighted by molar-refractivity contribution is -0.252. The van der Waals surface area contributed by atoms with Crippen molar-refractivity contribution in [2.75, 3.05) is 0 Å². The van der Waals surface area contributed by atoms with Crippen molar-refractivity contribution >= 4 is 5.97 Å². The van der Waals surface area contributed by atoms with Crippen molar-refractivity contribution in [3.8, 4) is 0 Å². The normalized spacial score (nSPS) is 58.2. The monoisotopic (exact) mass is 532 g/mol. The summed E-state index contributed by atoms with van der Waals surface area (Å²) >= 11 is 0. The summed E-state index contributed by atoms with van der Waals surface area (Å²) in [6.45, 7) is 17.8. The van der Waals surface area contributed by atoms with Gasteiger partial charge in [0.05, 0.1) is 24.4 Å². The lowest BCUT2D eigenvalue weighted by Gasteiger charge is -2.63. The van der Waals surface area contributed by atoms with Crippen LogP contribution in [-0.4, -0.2) is 57.4 Å². The summed E-state index contributed by atoms with van der Waals surface area (Å²) < 4.78 is 12.6. The van der Waals surface area contributed by atoms with E-state index in [0.717, 1.165) is 19.3 Å². The first kappa shape index (κ1) is 27.5. The molecule has 6 nitrogen and oxygen atoms in total. The lowest BCUT2D eigenvalue weighted by Crippen LogP contribution is -2.71. The Balaban J connectivity index is 1.37. The van der Waals surface area contributed by atoms with Crippen molar-refractivity contribution in [3.63, 3.8) is 0 Å². The van der Waals surface area contributed by atoms with E-state index in [-0.39, 0.29) is 29.3 Å². The van der Waals surface area contributed by atoms with Gasteiger partial charge >= 0.3 is 5.97 Å². The van der Waals surface area contributed by atoms with Crippen molar-refractivity contribution in [2.45, 2.75) is 130 Å². The number of hydrogen-bond acceptors (Lipinski definition) is 6. The minimum Gasteiger partial charge on any atom is -0.459 e. The first-order chi connectivity index (χ1) is 17.6. The van der Waals surface area contributed by atoms with Crippen molar-refractivity contribution in [1.82, 2.24) is 0 Å². The van der Waals surface area contributed by atoms with Crippen LogP contribution >= 0.6 is 0 Å². The maximum Gasteiger partial charge on any atom is 0.303 e. The zero-order valence-corrected chi connectivity index (χ0v) is 24.8.